The van der Waals surface area contributed by atoms with E-state index < -0.39 is 5.60 Å². The van der Waals surface area contributed by atoms with E-state index in [9.17, 15) is 4.79 Å². The lowest BCUT2D eigenvalue weighted by molar-refractivity contribution is 0.0261. The quantitative estimate of drug-likeness (QED) is 0.512. The Morgan fingerprint density at radius 1 is 1.28 bits per heavy atom. The van der Waals surface area contributed by atoms with E-state index in [0.717, 1.165) is 12.8 Å². The normalized spacial score (nSPS) is 13.2. The number of ether oxygens (including phenoxy) is 2. The summed E-state index contributed by atoms with van der Waals surface area (Å²) in [6.45, 7) is 6.65. The Morgan fingerprint density at radius 3 is 2.44 bits per heavy atom. The maximum Gasteiger partial charge on any atom is 0.407 e. The molecule has 0 aliphatic heterocycles. The van der Waals surface area contributed by atoms with E-state index in [1.165, 1.54) is 0 Å². The van der Waals surface area contributed by atoms with Crippen molar-refractivity contribution in [1.82, 2.24) is 10.8 Å². The zero-order valence-corrected chi connectivity index (χ0v) is 12.0. The molecule has 0 heterocycles. The van der Waals surface area contributed by atoms with Crippen molar-refractivity contribution in [2.75, 3.05) is 27.4 Å². The summed E-state index contributed by atoms with van der Waals surface area (Å²) >= 11 is 0. The van der Waals surface area contributed by atoms with Crippen LogP contribution in [0.4, 0.5) is 4.79 Å². The number of nitrogens with one attached hydrogen (secondary N) is 2. The first kappa shape index (κ1) is 17.2. The Hall–Kier alpha value is -0.850. The summed E-state index contributed by atoms with van der Waals surface area (Å²) in [7, 11) is 3.21. The van der Waals surface area contributed by atoms with Crippen molar-refractivity contribution in [2.24, 2.45) is 0 Å². The Morgan fingerprint density at radius 2 is 1.94 bits per heavy atom. The number of hydrogen-bond donors (Lipinski definition) is 2. The molecule has 0 saturated heterocycles. The standard InChI is InChI=1S/C12H26N2O4/c1-12(2,3)18-11(15)13-8-6-7-10(9-16-4)14-17-5/h10,14H,6-9H2,1-5H3,(H,13,15). The van der Waals surface area contributed by atoms with Crippen LogP contribution in [0.15, 0.2) is 0 Å². The molecule has 0 spiro atoms. The van der Waals surface area contributed by atoms with Crippen molar-refractivity contribution in [2.45, 2.75) is 45.3 Å². The van der Waals surface area contributed by atoms with Gasteiger partial charge in [0.15, 0.2) is 0 Å². The molecule has 108 valence electrons. The van der Waals surface area contributed by atoms with Gasteiger partial charge in [-0.05, 0) is 33.6 Å². The molecular formula is C12H26N2O4. The van der Waals surface area contributed by atoms with Gasteiger partial charge in [-0.1, -0.05) is 0 Å². The number of hydrogen-bond acceptors (Lipinski definition) is 5. The summed E-state index contributed by atoms with van der Waals surface area (Å²) in [5.41, 5.74) is 2.38. The van der Waals surface area contributed by atoms with E-state index >= 15 is 0 Å². The monoisotopic (exact) mass is 262 g/mol. The second-order valence-corrected chi connectivity index (χ2v) is 5.05. The first-order valence-corrected chi connectivity index (χ1v) is 6.13. The number of carbonyl (C=O) groups is 1. The minimum Gasteiger partial charge on any atom is -0.444 e. The van der Waals surface area contributed by atoms with Crippen LogP contribution in [0.1, 0.15) is 33.6 Å². The van der Waals surface area contributed by atoms with E-state index in [2.05, 4.69) is 10.8 Å². The number of rotatable bonds is 8. The molecule has 0 aromatic heterocycles. The van der Waals surface area contributed by atoms with Crippen LogP contribution in [0.25, 0.3) is 0 Å². The lowest BCUT2D eigenvalue weighted by atomic mass is 10.2. The van der Waals surface area contributed by atoms with Crippen LogP contribution in [0.2, 0.25) is 0 Å². The largest absolute Gasteiger partial charge is 0.444 e. The van der Waals surface area contributed by atoms with Crippen molar-refractivity contribution >= 4 is 6.09 Å². The molecule has 0 bridgehead atoms. The van der Waals surface area contributed by atoms with Crippen LogP contribution in [0, 0.1) is 0 Å². The molecule has 6 heteroatoms. The van der Waals surface area contributed by atoms with Gasteiger partial charge in [-0.2, -0.15) is 5.48 Å². The zero-order valence-electron chi connectivity index (χ0n) is 12.0. The van der Waals surface area contributed by atoms with E-state index in [1.807, 2.05) is 20.8 Å². The van der Waals surface area contributed by atoms with Gasteiger partial charge in [-0.15, -0.1) is 0 Å². The first-order valence-electron chi connectivity index (χ1n) is 6.13. The minimum atomic E-state index is -0.458. The summed E-state index contributed by atoms with van der Waals surface area (Å²) in [6.07, 6.45) is 1.28. The van der Waals surface area contributed by atoms with E-state index in [4.69, 9.17) is 14.3 Å². The van der Waals surface area contributed by atoms with Gasteiger partial charge in [0.1, 0.15) is 5.60 Å². The van der Waals surface area contributed by atoms with Gasteiger partial charge in [0.05, 0.1) is 19.8 Å². The van der Waals surface area contributed by atoms with Gasteiger partial charge in [0.25, 0.3) is 0 Å². The predicted molar refractivity (Wildman–Crippen MR) is 69.3 cm³/mol. The van der Waals surface area contributed by atoms with Gasteiger partial charge >= 0.3 is 6.09 Å². The van der Waals surface area contributed by atoms with Crippen LogP contribution in [-0.2, 0) is 14.3 Å². The Labute approximate surface area is 109 Å². The van der Waals surface area contributed by atoms with Gasteiger partial charge in [0.2, 0.25) is 0 Å². The molecule has 0 aliphatic rings. The van der Waals surface area contributed by atoms with Crippen molar-refractivity contribution in [3.05, 3.63) is 0 Å². The first-order chi connectivity index (χ1) is 8.39. The summed E-state index contributed by atoms with van der Waals surface area (Å²) < 4.78 is 10.2. The number of carbonyl (C=O) groups excluding carboxylic acids is 1. The van der Waals surface area contributed by atoms with Crippen molar-refractivity contribution in [1.29, 1.82) is 0 Å². The highest BCUT2D eigenvalue weighted by Gasteiger charge is 2.15. The fourth-order valence-electron chi connectivity index (χ4n) is 1.40. The second-order valence-electron chi connectivity index (χ2n) is 5.05. The van der Waals surface area contributed by atoms with E-state index in [-0.39, 0.29) is 12.1 Å². The molecule has 0 radical (unpaired) electrons. The van der Waals surface area contributed by atoms with Crippen LogP contribution in [0.5, 0.6) is 0 Å². The Kier molecular flexibility index (Phi) is 8.70. The van der Waals surface area contributed by atoms with Crippen molar-refractivity contribution < 1.29 is 19.1 Å². The maximum absolute atomic E-state index is 11.4. The zero-order chi connectivity index (χ0) is 14.0. The molecule has 1 atom stereocenters. The van der Waals surface area contributed by atoms with Crippen LogP contribution in [-0.4, -0.2) is 45.1 Å². The second kappa shape index (κ2) is 9.13. The highest BCUT2D eigenvalue weighted by atomic mass is 16.6. The number of hydroxylamine groups is 1. The van der Waals surface area contributed by atoms with Gasteiger partial charge in [0, 0.05) is 13.7 Å². The molecule has 2 N–H and O–H groups in total. The van der Waals surface area contributed by atoms with Crippen molar-refractivity contribution in [3.63, 3.8) is 0 Å². The van der Waals surface area contributed by atoms with E-state index in [0.29, 0.717) is 13.2 Å². The molecule has 6 nitrogen and oxygen atoms in total. The third kappa shape index (κ3) is 10.3. The van der Waals surface area contributed by atoms with E-state index in [1.54, 1.807) is 14.2 Å². The predicted octanol–water partition coefficient (Wildman–Crippen LogP) is 1.46. The highest BCUT2D eigenvalue weighted by Crippen LogP contribution is 2.06. The molecular weight excluding hydrogens is 236 g/mol. The number of methoxy groups -OCH3 is 1. The van der Waals surface area contributed by atoms with Crippen LogP contribution >= 0.6 is 0 Å². The smallest absolute Gasteiger partial charge is 0.407 e. The van der Waals surface area contributed by atoms with Crippen LogP contribution < -0.4 is 10.8 Å². The number of amides is 1. The molecule has 0 rings (SSSR count). The lowest BCUT2D eigenvalue weighted by Gasteiger charge is -2.20. The molecule has 0 aromatic carbocycles. The molecule has 0 aromatic rings. The maximum atomic E-state index is 11.4. The minimum absolute atomic E-state index is 0.125. The third-order valence-corrected chi connectivity index (χ3v) is 2.05. The topological polar surface area (TPSA) is 68.8 Å². The SMILES string of the molecule is COCC(CCCNC(=O)OC(C)(C)C)NOC. The fraction of sp³-hybridized carbons (Fsp3) is 0.917. The highest BCUT2D eigenvalue weighted by molar-refractivity contribution is 5.67. The average Bonchev–Trinajstić information content (AvgIpc) is 2.22. The fourth-order valence-corrected chi connectivity index (χ4v) is 1.40. The summed E-state index contributed by atoms with van der Waals surface area (Å²) in [5.74, 6) is 0. The lowest BCUT2D eigenvalue weighted by Crippen LogP contribution is -2.35. The molecule has 0 aliphatic carbocycles. The Bertz CT molecular complexity index is 223. The van der Waals surface area contributed by atoms with Gasteiger partial charge < -0.3 is 19.6 Å². The third-order valence-electron chi connectivity index (χ3n) is 2.05. The summed E-state index contributed by atoms with van der Waals surface area (Å²) in [5, 5.41) is 2.71. The van der Waals surface area contributed by atoms with Crippen LogP contribution in [0.3, 0.4) is 0 Å². The Balaban J connectivity index is 3.67. The molecule has 1 unspecified atom stereocenters. The molecule has 1 amide bonds. The van der Waals surface area contributed by atoms with Gasteiger partial charge in [-0.25, -0.2) is 4.79 Å². The van der Waals surface area contributed by atoms with Gasteiger partial charge in [-0.3, -0.25) is 0 Å². The summed E-state index contributed by atoms with van der Waals surface area (Å²) in [4.78, 5) is 16.2. The average molecular weight is 262 g/mol. The summed E-state index contributed by atoms with van der Waals surface area (Å²) in [6, 6.07) is 0.125. The number of alkyl carbamates (subject to hydrolysis) is 1. The molecule has 0 saturated carbocycles. The molecule has 18 heavy (non-hydrogen) atoms. The molecule has 0 fully saturated rings. The van der Waals surface area contributed by atoms with Crippen molar-refractivity contribution in [3.8, 4) is 0 Å².